The molecule has 1 aromatic heterocycles. The van der Waals surface area contributed by atoms with Crippen LogP contribution in [0.2, 0.25) is 0 Å². The van der Waals surface area contributed by atoms with E-state index < -0.39 is 0 Å². The number of nitrogens with two attached hydrogens (primary N) is 1. The van der Waals surface area contributed by atoms with Crippen molar-refractivity contribution in [3.8, 4) is 0 Å². The van der Waals surface area contributed by atoms with Gasteiger partial charge in [0.2, 0.25) is 0 Å². The largest absolute Gasteiger partial charge is 0.373 e. The van der Waals surface area contributed by atoms with Gasteiger partial charge in [0.05, 0.1) is 11.6 Å². The van der Waals surface area contributed by atoms with E-state index in [9.17, 15) is 0 Å². The van der Waals surface area contributed by atoms with E-state index in [2.05, 4.69) is 30.3 Å². The van der Waals surface area contributed by atoms with Crippen molar-refractivity contribution in [3.05, 3.63) is 30.1 Å². The number of nitrogens with zero attached hydrogens (tertiary/aromatic N) is 1. The molecule has 0 aromatic carbocycles. The molecule has 1 aliphatic rings. The molecule has 4 heteroatoms. The lowest BCUT2D eigenvalue weighted by Gasteiger charge is -2.44. The van der Waals surface area contributed by atoms with Gasteiger partial charge in [0.1, 0.15) is 0 Å². The third-order valence-corrected chi connectivity index (χ3v) is 4.26. The second kappa shape index (κ2) is 6.46. The van der Waals surface area contributed by atoms with Crippen molar-refractivity contribution in [2.75, 3.05) is 6.61 Å². The standard InChI is InChI=1S/C15H25N3O/c1-3-19-15(8-6-12(2)7-9-15)14(18-16)13-5-4-10-17-11-13/h4-5,10-12,14,18H,3,6-9,16H2,1-2H3. The molecule has 1 aromatic rings. The summed E-state index contributed by atoms with van der Waals surface area (Å²) in [6.45, 7) is 5.08. The van der Waals surface area contributed by atoms with Gasteiger partial charge >= 0.3 is 0 Å². The summed E-state index contributed by atoms with van der Waals surface area (Å²) < 4.78 is 6.16. The number of hydrazine groups is 1. The number of hydrogen-bond acceptors (Lipinski definition) is 4. The van der Waals surface area contributed by atoms with Gasteiger partial charge in [-0.2, -0.15) is 0 Å². The van der Waals surface area contributed by atoms with E-state index in [0.717, 1.165) is 24.3 Å². The minimum Gasteiger partial charge on any atom is -0.373 e. The Morgan fingerprint density at radius 1 is 1.53 bits per heavy atom. The van der Waals surface area contributed by atoms with Crippen LogP contribution < -0.4 is 11.3 Å². The first-order chi connectivity index (χ1) is 9.22. The third kappa shape index (κ3) is 3.14. The summed E-state index contributed by atoms with van der Waals surface area (Å²) in [7, 11) is 0. The average molecular weight is 263 g/mol. The molecule has 1 atom stereocenters. The van der Waals surface area contributed by atoms with E-state index in [1.807, 2.05) is 12.3 Å². The summed E-state index contributed by atoms with van der Waals surface area (Å²) in [5, 5.41) is 0. The first-order valence-electron chi connectivity index (χ1n) is 7.22. The molecule has 0 spiro atoms. The molecule has 1 fully saturated rings. The summed E-state index contributed by atoms with van der Waals surface area (Å²) >= 11 is 0. The van der Waals surface area contributed by atoms with Crippen LogP contribution in [0.1, 0.15) is 51.1 Å². The predicted octanol–water partition coefficient (Wildman–Crippen LogP) is 2.57. The fourth-order valence-electron chi connectivity index (χ4n) is 3.15. The van der Waals surface area contributed by atoms with Gasteiger partial charge in [-0.1, -0.05) is 13.0 Å². The molecule has 19 heavy (non-hydrogen) atoms. The number of rotatable bonds is 5. The molecule has 3 N–H and O–H groups in total. The molecule has 1 aliphatic carbocycles. The minimum atomic E-state index is -0.195. The van der Waals surface area contributed by atoms with Crippen molar-refractivity contribution in [2.45, 2.75) is 51.2 Å². The highest BCUT2D eigenvalue weighted by Gasteiger charge is 2.42. The predicted molar refractivity (Wildman–Crippen MR) is 76.3 cm³/mol. The highest BCUT2D eigenvalue weighted by molar-refractivity contribution is 5.19. The van der Waals surface area contributed by atoms with Crippen LogP contribution >= 0.6 is 0 Å². The van der Waals surface area contributed by atoms with Crippen molar-refractivity contribution in [1.29, 1.82) is 0 Å². The number of aromatic nitrogens is 1. The van der Waals surface area contributed by atoms with Crippen LogP contribution in [0, 0.1) is 5.92 Å². The lowest BCUT2D eigenvalue weighted by atomic mass is 9.74. The smallest absolute Gasteiger partial charge is 0.0889 e. The van der Waals surface area contributed by atoms with Crippen LogP contribution in [0.25, 0.3) is 0 Å². The zero-order valence-corrected chi connectivity index (χ0v) is 11.9. The maximum atomic E-state index is 6.16. The average Bonchev–Trinajstić information content (AvgIpc) is 2.44. The van der Waals surface area contributed by atoms with E-state index in [1.54, 1.807) is 6.20 Å². The lowest BCUT2D eigenvalue weighted by molar-refractivity contribution is -0.0977. The molecule has 1 unspecified atom stereocenters. The van der Waals surface area contributed by atoms with Crippen molar-refractivity contribution >= 4 is 0 Å². The van der Waals surface area contributed by atoms with Gasteiger partial charge in [-0.25, -0.2) is 0 Å². The molecule has 4 nitrogen and oxygen atoms in total. The molecule has 0 bridgehead atoms. The number of nitrogens with one attached hydrogen (secondary N) is 1. The Morgan fingerprint density at radius 2 is 2.26 bits per heavy atom. The number of ether oxygens (including phenoxy) is 1. The van der Waals surface area contributed by atoms with E-state index in [0.29, 0.717) is 6.61 Å². The van der Waals surface area contributed by atoms with Crippen LogP contribution in [0.4, 0.5) is 0 Å². The molecular formula is C15H25N3O. The molecular weight excluding hydrogens is 238 g/mol. The molecule has 0 amide bonds. The van der Waals surface area contributed by atoms with Gasteiger partial charge in [0.15, 0.2) is 0 Å². The highest BCUT2D eigenvalue weighted by atomic mass is 16.5. The Morgan fingerprint density at radius 3 is 2.79 bits per heavy atom. The van der Waals surface area contributed by atoms with Crippen molar-refractivity contribution in [1.82, 2.24) is 10.4 Å². The van der Waals surface area contributed by atoms with Crippen LogP contribution in [-0.2, 0) is 4.74 Å². The van der Waals surface area contributed by atoms with Crippen molar-refractivity contribution in [3.63, 3.8) is 0 Å². The third-order valence-electron chi connectivity index (χ3n) is 4.26. The van der Waals surface area contributed by atoms with Crippen LogP contribution in [0.15, 0.2) is 24.5 Å². The molecule has 1 heterocycles. The maximum absolute atomic E-state index is 6.16. The van der Waals surface area contributed by atoms with Crippen LogP contribution in [-0.4, -0.2) is 17.2 Å². The Balaban J connectivity index is 2.26. The molecule has 0 aliphatic heterocycles. The molecule has 106 valence electrons. The summed E-state index contributed by atoms with van der Waals surface area (Å²) in [4.78, 5) is 4.20. The summed E-state index contributed by atoms with van der Waals surface area (Å²) in [6.07, 6.45) is 8.14. The first-order valence-corrected chi connectivity index (χ1v) is 7.22. The highest BCUT2D eigenvalue weighted by Crippen LogP contribution is 2.42. The zero-order chi connectivity index (χ0) is 13.7. The van der Waals surface area contributed by atoms with Gasteiger partial charge in [-0.15, -0.1) is 0 Å². The van der Waals surface area contributed by atoms with Crippen LogP contribution in [0.5, 0.6) is 0 Å². The second-order valence-corrected chi connectivity index (χ2v) is 5.57. The van der Waals surface area contributed by atoms with Gasteiger partial charge < -0.3 is 4.74 Å². The van der Waals surface area contributed by atoms with Gasteiger partial charge in [0, 0.05) is 19.0 Å². The van der Waals surface area contributed by atoms with E-state index in [-0.39, 0.29) is 11.6 Å². The lowest BCUT2D eigenvalue weighted by Crippen LogP contribution is -2.50. The Kier molecular flexibility index (Phi) is 4.91. The topological polar surface area (TPSA) is 60.2 Å². The zero-order valence-electron chi connectivity index (χ0n) is 11.9. The SMILES string of the molecule is CCOC1(C(NN)c2cccnc2)CCC(C)CC1. The van der Waals surface area contributed by atoms with E-state index in [1.165, 1.54) is 12.8 Å². The van der Waals surface area contributed by atoms with Gasteiger partial charge in [-0.05, 0) is 50.2 Å². The molecule has 2 rings (SSSR count). The number of pyridine rings is 1. The monoisotopic (exact) mass is 263 g/mol. The summed E-state index contributed by atoms with van der Waals surface area (Å²) in [6, 6.07) is 4.02. The quantitative estimate of drug-likeness (QED) is 0.633. The second-order valence-electron chi connectivity index (χ2n) is 5.57. The molecule has 1 saturated carbocycles. The van der Waals surface area contributed by atoms with E-state index >= 15 is 0 Å². The Hall–Kier alpha value is -0.970. The fourth-order valence-corrected chi connectivity index (χ4v) is 3.15. The fraction of sp³-hybridized carbons (Fsp3) is 0.667. The van der Waals surface area contributed by atoms with Crippen molar-refractivity contribution < 1.29 is 4.74 Å². The Bertz CT molecular complexity index is 374. The normalized spacial score (nSPS) is 29.1. The summed E-state index contributed by atoms with van der Waals surface area (Å²) in [5.41, 5.74) is 3.87. The van der Waals surface area contributed by atoms with Gasteiger partial charge in [0.25, 0.3) is 0 Å². The van der Waals surface area contributed by atoms with E-state index in [4.69, 9.17) is 10.6 Å². The Labute approximate surface area is 115 Å². The number of hydrogen-bond donors (Lipinski definition) is 2. The first kappa shape index (κ1) is 14.4. The van der Waals surface area contributed by atoms with Crippen molar-refractivity contribution in [2.24, 2.45) is 11.8 Å². The molecule has 0 saturated heterocycles. The minimum absolute atomic E-state index is 0.00801. The summed E-state index contributed by atoms with van der Waals surface area (Å²) in [5.74, 6) is 6.61. The van der Waals surface area contributed by atoms with Crippen LogP contribution in [0.3, 0.4) is 0 Å². The maximum Gasteiger partial charge on any atom is 0.0889 e. The molecule has 0 radical (unpaired) electrons. The van der Waals surface area contributed by atoms with Gasteiger partial charge in [-0.3, -0.25) is 16.3 Å².